The Labute approximate surface area is 186 Å². The largest absolute Gasteiger partial charge is 0.507 e. The number of hydrogen-bond donors (Lipinski definition) is 2. The van der Waals surface area contributed by atoms with Crippen molar-refractivity contribution in [2.24, 2.45) is 0 Å². The molecule has 1 heterocycles. The molecule has 0 radical (unpaired) electrons. The molecule has 1 atom stereocenters. The number of rotatable bonds is 8. The number of likely N-dealkylation sites (tertiary alicyclic amines) is 1. The van der Waals surface area contributed by atoms with Crippen molar-refractivity contribution in [1.82, 2.24) is 4.90 Å². The van der Waals surface area contributed by atoms with E-state index in [1.54, 1.807) is 24.3 Å². The highest BCUT2D eigenvalue weighted by Gasteiger charge is 2.46. The van der Waals surface area contributed by atoms with Crippen LogP contribution in [-0.2, 0) is 9.59 Å². The second-order valence-corrected chi connectivity index (χ2v) is 7.34. The summed E-state index contributed by atoms with van der Waals surface area (Å²) in [6, 6.07) is 8.57. The number of aromatic hydroxyl groups is 1. The van der Waals surface area contributed by atoms with Gasteiger partial charge < -0.3 is 29.3 Å². The number of benzene rings is 2. The molecule has 3 rings (SSSR count). The monoisotopic (exact) mass is 441 g/mol. The average molecular weight is 441 g/mol. The van der Waals surface area contributed by atoms with Crippen molar-refractivity contribution in [2.45, 2.75) is 25.8 Å². The zero-order valence-electron chi connectivity index (χ0n) is 18.5. The highest BCUT2D eigenvalue weighted by Crippen LogP contribution is 2.43. The third-order valence-corrected chi connectivity index (χ3v) is 5.47. The van der Waals surface area contributed by atoms with E-state index in [-0.39, 0.29) is 28.4 Å². The molecule has 1 amide bonds. The number of ether oxygens (including phenoxy) is 3. The van der Waals surface area contributed by atoms with Crippen molar-refractivity contribution < 1.29 is 34.0 Å². The molecule has 0 aromatic heterocycles. The van der Waals surface area contributed by atoms with Crippen LogP contribution in [0.3, 0.4) is 0 Å². The van der Waals surface area contributed by atoms with Gasteiger partial charge >= 0.3 is 0 Å². The summed E-state index contributed by atoms with van der Waals surface area (Å²) in [6.45, 7) is 2.30. The van der Waals surface area contributed by atoms with E-state index in [1.165, 1.54) is 38.4 Å². The highest BCUT2D eigenvalue weighted by molar-refractivity contribution is 6.46. The number of nitrogens with zero attached hydrogens (tertiary/aromatic N) is 1. The maximum atomic E-state index is 13.1. The van der Waals surface area contributed by atoms with E-state index in [4.69, 9.17) is 14.2 Å². The summed E-state index contributed by atoms with van der Waals surface area (Å²) in [5.74, 6) is -0.992. The van der Waals surface area contributed by atoms with E-state index in [2.05, 4.69) is 0 Å². The fourth-order valence-electron chi connectivity index (χ4n) is 3.81. The number of carbonyl (C=O) groups excluding carboxylic acids is 2. The molecule has 8 nitrogen and oxygen atoms in total. The summed E-state index contributed by atoms with van der Waals surface area (Å²) in [5, 5.41) is 21.6. The van der Waals surface area contributed by atoms with Crippen LogP contribution in [0.5, 0.6) is 23.0 Å². The van der Waals surface area contributed by atoms with E-state index in [1.807, 2.05) is 6.92 Å². The van der Waals surface area contributed by atoms with Crippen LogP contribution < -0.4 is 14.2 Å². The van der Waals surface area contributed by atoms with Crippen LogP contribution in [0.4, 0.5) is 0 Å². The second kappa shape index (κ2) is 9.64. The molecular weight excluding hydrogens is 414 g/mol. The first-order valence-corrected chi connectivity index (χ1v) is 10.3. The first kappa shape index (κ1) is 23.0. The molecule has 1 saturated heterocycles. The topological polar surface area (TPSA) is 106 Å². The molecule has 1 fully saturated rings. The number of phenolic OH excluding ortho intramolecular Hbond substituents is 1. The quantitative estimate of drug-likeness (QED) is 0.366. The number of unbranched alkanes of at least 4 members (excludes halogenated alkanes) is 1. The minimum absolute atomic E-state index is 0.0813. The van der Waals surface area contributed by atoms with Crippen molar-refractivity contribution >= 4 is 17.4 Å². The molecule has 1 unspecified atom stereocenters. The molecule has 0 saturated carbocycles. The van der Waals surface area contributed by atoms with Crippen LogP contribution in [0.1, 0.15) is 36.9 Å². The SMILES string of the molecule is CCCCN1C(=O)C(=O)/C(=C(/O)c2cc(OC)ccc2OC)C1c1ccc(OC)c(O)c1. The number of hydrogen-bond acceptors (Lipinski definition) is 7. The predicted octanol–water partition coefficient (Wildman–Crippen LogP) is 3.64. The molecule has 1 aliphatic heterocycles. The Balaban J connectivity index is 2.24. The lowest BCUT2D eigenvalue weighted by Gasteiger charge is -2.25. The van der Waals surface area contributed by atoms with Gasteiger partial charge in [0.05, 0.1) is 38.5 Å². The van der Waals surface area contributed by atoms with Crippen LogP contribution in [0.15, 0.2) is 42.0 Å². The third kappa shape index (κ3) is 4.08. The first-order valence-electron chi connectivity index (χ1n) is 10.3. The summed E-state index contributed by atoms with van der Waals surface area (Å²) in [7, 11) is 4.35. The summed E-state index contributed by atoms with van der Waals surface area (Å²) < 4.78 is 15.7. The van der Waals surface area contributed by atoms with Gasteiger partial charge in [0.1, 0.15) is 17.3 Å². The van der Waals surface area contributed by atoms with Crippen molar-refractivity contribution in [2.75, 3.05) is 27.9 Å². The van der Waals surface area contributed by atoms with Crippen LogP contribution in [-0.4, -0.2) is 54.7 Å². The molecule has 1 aliphatic rings. The summed E-state index contributed by atoms with van der Waals surface area (Å²) >= 11 is 0. The number of Topliss-reactive ketones (excluding diaryl/α,β-unsaturated/α-hetero) is 1. The summed E-state index contributed by atoms with van der Waals surface area (Å²) in [6.07, 6.45) is 1.49. The molecular formula is C24H27NO7. The second-order valence-electron chi connectivity index (χ2n) is 7.34. The van der Waals surface area contributed by atoms with Crippen LogP contribution in [0.2, 0.25) is 0 Å². The summed E-state index contributed by atoms with van der Waals surface area (Å²) in [4.78, 5) is 27.4. The summed E-state index contributed by atoms with van der Waals surface area (Å²) in [5.41, 5.74) is 0.618. The maximum absolute atomic E-state index is 13.1. The molecule has 2 aromatic carbocycles. The lowest BCUT2D eigenvalue weighted by Crippen LogP contribution is -2.30. The number of aliphatic hydroxyl groups is 1. The van der Waals surface area contributed by atoms with E-state index >= 15 is 0 Å². The number of ketones is 1. The predicted molar refractivity (Wildman–Crippen MR) is 118 cm³/mol. The number of phenols is 1. The minimum Gasteiger partial charge on any atom is -0.507 e. The van der Waals surface area contributed by atoms with Crippen molar-refractivity contribution in [3.63, 3.8) is 0 Å². The van der Waals surface area contributed by atoms with Crippen molar-refractivity contribution in [1.29, 1.82) is 0 Å². The fourth-order valence-corrected chi connectivity index (χ4v) is 3.81. The smallest absolute Gasteiger partial charge is 0.295 e. The van der Waals surface area contributed by atoms with Gasteiger partial charge in [0, 0.05) is 6.54 Å². The first-order chi connectivity index (χ1) is 15.4. The van der Waals surface area contributed by atoms with Gasteiger partial charge in [-0.1, -0.05) is 19.4 Å². The third-order valence-electron chi connectivity index (χ3n) is 5.47. The fraction of sp³-hybridized carbons (Fsp3) is 0.333. The minimum atomic E-state index is -0.880. The standard InChI is InChI=1S/C24H27NO7/c1-5-6-11-25-21(14-7-9-19(32-4)17(26)12-14)20(23(28)24(25)29)22(27)16-13-15(30-2)8-10-18(16)31-3/h7-10,12-13,21,26-27H,5-6,11H2,1-4H3/b22-20+. The zero-order valence-corrected chi connectivity index (χ0v) is 18.5. The molecule has 2 aromatic rings. The van der Waals surface area contributed by atoms with Crippen LogP contribution in [0.25, 0.3) is 5.76 Å². The number of methoxy groups -OCH3 is 3. The number of amides is 1. The number of carbonyl (C=O) groups is 2. The maximum Gasteiger partial charge on any atom is 0.295 e. The van der Waals surface area contributed by atoms with Crippen LogP contribution in [0, 0.1) is 0 Å². The molecule has 2 N–H and O–H groups in total. The number of aliphatic hydroxyl groups excluding tert-OH is 1. The van der Waals surface area contributed by atoms with Gasteiger partial charge in [-0.3, -0.25) is 9.59 Å². The van der Waals surface area contributed by atoms with Gasteiger partial charge in [-0.2, -0.15) is 0 Å². The van der Waals surface area contributed by atoms with Crippen molar-refractivity contribution in [3.05, 3.63) is 53.1 Å². The van der Waals surface area contributed by atoms with E-state index < -0.39 is 17.7 Å². The van der Waals surface area contributed by atoms with Gasteiger partial charge in [-0.15, -0.1) is 0 Å². The highest BCUT2D eigenvalue weighted by atomic mass is 16.5. The molecule has 0 bridgehead atoms. The Morgan fingerprint density at radius 2 is 1.69 bits per heavy atom. The Kier molecular flexibility index (Phi) is 6.92. The van der Waals surface area contributed by atoms with E-state index in [9.17, 15) is 19.8 Å². The Hall–Kier alpha value is -3.68. The molecule has 32 heavy (non-hydrogen) atoms. The molecule has 170 valence electrons. The Morgan fingerprint density at radius 3 is 2.28 bits per heavy atom. The molecule has 8 heteroatoms. The van der Waals surface area contributed by atoms with Gasteiger partial charge in [-0.25, -0.2) is 0 Å². The normalized spacial score (nSPS) is 17.5. The molecule has 0 spiro atoms. The van der Waals surface area contributed by atoms with Gasteiger partial charge in [0.15, 0.2) is 11.5 Å². The lowest BCUT2D eigenvalue weighted by molar-refractivity contribution is -0.139. The average Bonchev–Trinajstić information content (AvgIpc) is 3.06. The van der Waals surface area contributed by atoms with Crippen LogP contribution >= 0.6 is 0 Å². The Morgan fingerprint density at radius 1 is 1.00 bits per heavy atom. The Bertz CT molecular complexity index is 1060. The van der Waals surface area contributed by atoms with E-state index in [0.29, 0.717) is 30.0 Å². The lowest BCUT2D eigenvalue weighted by atomic mass is 9.94. The van der Waals surface area contributed by atoms with Gasteiger partial charge in [-0.05, 0) is 42.3 Å². The van der Waals surface area contributed by atoms with E-state index in [0.717, 1.165) is 6.42 Å². The van der Waals surface area contributed by atoms with Gasteiger partial charge in [0.2, 0.25) is 0 Å². The van der Waals surface area contributed by atoms with Gasteiger partial charge in [0.25, 0.3) is 11.7 Å². The zero-order chi connectivity index (χ0) is 23.4. The molecule has 0 aliphatic carbocycles. The van der Waals surface area contributed by atoms with Crippen molar-refractivity contribution in [3.8, 4) is 23.0 Å².